The van der Waals surface area contributed by atoms with E-state index >= 15 is 0 Å². The number of rotatable bonds is 8. The third-order valence-electron chi connectivity index (χ3n) is 6.93. The Hall–Kier alpha value is -3.67. The standard InChI is InChI=1S/C30H36N4O2/c1-4-33(5-2)29(35)25-17-12-20-34(22-25)30(36)26-18-19-27(24-15-10-7-11-16-24)31-28(26)32(3)21-23-13-8-6-9-14-23/h6-11,13-16,18-19,25H,4-5,12,17,20-22H2,1-3H3/t25-/m1/s1. The monoisotopic (exact) mass is 484 g/mol. The van der Waals surface area contributed by atoms with Gasteiger partial charge in [-0.3, -0.25) is 9.59 Å². The number of benzene rings is 2. The van der Waals surface area contributed by atoms with Gasteiger partial charge in [-0.1, -0.05) is 60.7 Å². The van der Waals surface area contributed by atoms with E-state index in [0.29, 0.717) is 44.1 Å². The van der Waals surface area contributed by atoms with Gasteiger partial charge in [-0.05, 0) is 44.4 Å². The van der Waals surface area contributed by atoms with Crippen molar-refractivity contribution in [3.8, 4) is 11.3 Å². The molecule has 0 bridgehead atoms. The predicted molar refractivity (Wildman–Crippen MR) is 145 cm³/mol. The zero-order chi connectivity index (χ0) is 25.5. The lowest BCUT2D eigenvalue weighted by atomic mass is 9.95. The number of carbonyl (C=O) groups is 2. The Morgan fingerprint density at radius 3 is 2.28 bits per heavy atom. The molecule has 0 unspecified atom stereocenters. The molecule has 1 aliphatic heterocycles. The highest BCUT2D eigenvalue weighted by Crippen LogP contribution is 2.28. The lowest BCUT2D eigenvalue weighted by Crippen LogP contribution is -2.47. The van der Waals surface area contributed by atoms with Gasteiger partial charge in [0.2, 0.25) is 5.91 Å². The average Bonchev–Trinajstić information content (AvgIpc) is 2.94. The molecule has 36 heavy (non-hydrogen) atoms. The van der Waals surface area contributed by atoms with E-state index in [-0.39, 0.29) is 17.7 Å². The number of hydrogen-bond donors (Lipinski definition) is 0. The highest BCUT2D eigenvalue weighted by molar-refractivity contribution is 5.99. The van der Waals surface area contributed by atoms with Crippen LogP contribution in [0.5, 0.6) is 0 Å². The Balaban J connectivity index is 1.64. The van der Waals surface area contributed by atoms with E-state index in [9.17, 15) is 9.59 Å². The van der Waals surface area contributed by atoms with Crippen LogP contribution in [0.2, 0.25) is 0 Å². The van der Waals surface area contributed by atoms with Gasteiger partial charge in [-0.2, -0.15) is 0 Å². The Bertz CT molecular complexity index is 1160. The highest BCUT2D eigenvalue weighted by atomic mass is 16.2. The number of anilines is 1. The van der Waals surface area contributed by atoms with E-state index in [4.69, 9.17) is 4.98 Å². The summed E-state index contributed by atoms with van der Waals surface area (Å²) in [5, 5.41) is 0. The first kappa shape index (κ1) is 25.4. The lowest BCUT2D eigenvalue weighted by molar-refractivity contribution is -0.136. The van der Waals surface area contributed by atoms with E-state index in [1.807, 2.05) is 96.3 Å². The number of carbonyl (C=O) groups excluding carboxylic acids is 2. The topological polar surface area (TPSA) is 56.8 Å². The molecule has 0 aliphatic carbocycles. The number of pyridine rings is 1. The molecule has 2 amide bonds. The second-order valence-electron chi connectivity index (χ2n) is 9.38. The van der Waals surface area contributed by atoms with Crippen molar-refractivity contribution in [2.24, 2.45) is 5.92 Å². The van der Waals surface area contributed by atoms with Crippen LogP contribution in [-0.2, 0) is 11.3 Å². The molecule has 188 valence electrons. The Morgan fingerprint density at radius 2 is 1.61 bits per heavy atom. The van der Waals surface area contributed by atoms with Crippen molar-refractivity contribution in [2.75, 3.05) is 38.1 Å². The van der Waals surface area contributed by atoms with Gasteiger partial charge in [0.1, 0.15) is 5.82 Å². The summed E-state index contributed by atoms with van der Waals surface area (Å²) in [6.45, 7) is 7.14. The highest BCUT2D eigenvalue weighted by Gasteiger charge is 2.32. The number of amides is 2. The third kappa shape index (κ3) is 5.76. The van der Waals surface area contributed by atoms with Crippen LogP contribution in [0.25, 0.3) is 11.3 Å². The molecule has 4 rings (SSSR count). The molecule has 2 aromatic carbocycles. The molecule has 1 aliphatic rings. The van der Waals surface area contributed by atoms with Crippen LogP contribution in [0.15, 0.2) is 72.8 Å². The number of aromatic nitrogens is 1. The lowest BCUT2D eigenvalue weighted by Gasteiger charge is -2.35. The van der Waals surface area contributed by atoms with Crippen LogP contribution in [0, 0.1) is 5.92 Å². The Labute approximate surface area is 214 Å². The molecule has 0 radical (unpaired) electrons. The number of hydrogen-bond acceptors (Lipinski definition) is 4. The normalized spacial score (nSPS) is 15.4. The quantitative estimate of drug-likeness (QED) is 0.446. The van der Waals surface area contributed by atoms with Crippen LogP contribution in [-0.4, -0.2) is 59.8 Å². The van der Waals surface area contributed by atoms with Gasteiger partial charge >= 0.3 is 0 Å². The van der Waals surface area contributed by atoms with Gasteiger partial charge in [0, 0.05) is 45.3 Å². The zero-order valence-corrected chi connectivity index (χ0v) is 21.6. The van der Waals surface area contributed by atoms with Crippen LogP contribution >= 0.6 is 0 Å². The summed E-state index contributed by atoms with van der Waals surface area (Å²) in [7, 11) is 1.98. The van der Waals surface area contributed by atoms with Crippen LogP contribution in [0.1, 0.15) is 42.6 Å². The summed E-state index contributed by atoms with van der Waals surface area (Å²) >= 11 is 0. The van der Waals surface area contributed by atoms with Crippen molar-refractivity contribution >= 4 is 17.6 Å². The molecule has 1 saturated heterocycles. The average molecular weight is 485 g/mol. The molecule has 0 spiro atoms. The van der Waals surface area contributed by atoms with Crippen LogP contribution < -0.4 is 4.90 Å². The van der Waals surface area contributed by atoms with Crippen molar-refractivity contribution in [3.63, 3.8) is 0 Å². The first-order chi connectivity index (χ1) is 17.5. The summed E-state index contributed by atoms with van der Waals surface area (Å²) in [4.78, 5) is 37.6. The van der Waals surface area contributed by atoms with E-state index in [2.05, 4.69) is 12.1 Å². The zero-order valence-electron chi connectivity index (χ0n) is 21.6. The van der Waals surface area contributed by atoms with Gasteiger partial charge in [-0.25, -0.2) is 4.98 Å². The summed E-state index contributed by atoms with van der Waals surface area (Å²) in [6.07, 6.45) is 1.65. The molecule has 3 aromatic rings. The summed E-state index contributed by atoms with van der Waals surface area (Å²) in [6, 6.07) is 24.0. The van der Waals surface area contributed by atoms with Crippen molar-refractivity contribution < 1.29 is 9.59 Å². The number of likely N-dealkylation sites (tertiary alicyclic amines) is 1. The minimum atomic E-state index is -0.148. The molecule has 2 heterocycles. The molecule has 6 nitrogen and oxygen atoms in total. The number of nitrogens with zero attached hydrogens (tertiary/aromatic N) is 4. The molecule has 1 atom stereocenters. The summed E-state index contributed by atoms with van der Waals surface area (Å²) in [5.41, 5.74) is 3.56. The maximum absolute atomic E-state index is 13.8. The Morgan fingerprint density at radius 1 is 0.944 bits per heavy atom. The molecular weight excluding hydrogens is 448 g/mol. The molecule has 0 saturated carbocycles. The van der Waals surface area contributed by atoms with Gasteiger partial charge in [0.15, 0.2) is 0 Å². The van der Waals surface area contributed by atoms with Gasteiger partial charge in [0.25, 0.3) is 5.91 Å². The van der Waals surface area contributed by atoms with E-state index in [1.54, 1.807) is 0 Å². The molecule has 1 aromatic heterocycles. The molecule has 0 N–H and O–H groups in total. The maximum Gasteiger partial charge on any atom is 0.257 e. The van der Waals surface area contributed by atoms with E-state index in [1.165, 1.54) is 0 Å². The van der Waals surface area contributed by atoms with Gasteiger partial charge < -0.3 is 14.7 Å². The largest absolute Gasteiger partial charge is 0.355 e. The fourth-order valence-corrected chi connectivity index (χ4v) is 4.94. The fraction of sp³-hybridized carbons (Fsp3) is 0.367. The first-order valence-corrected chi connectivity index (χ1v) is 12.9. The van der Waals surface area contributed by atoms with E-state index in [0.717, 1.165) is 29.7 Å². The van der Waals surface area contributed by atoms with Crippen LogP contribution in [0.4, 0.5) is 5.82 Å². The molecular formula is C30H36N4O2. The third-order valence-corrected chi connectivity index (χ3v) is 6.93. The molecule has 6 heteroatoms. The maximum atomic E-state index is 13.8. The van der Waals surface area contributed by atoms with Crippen LogP contribution in [0.3, 0.4) is 0 Å². The second kappa shape index (κ2) is 11.8. The number of piperidine rings is 1. The smallest absolute Gasteiger partial charge is 0.257 e. The second-order valence-corrected chi connectivity index (χ2v) is 9.38. The fourth-order valence-electron chi connectivity index (χ4n) is 4.94. The van der Waals surface area contributed by atoms with Crippen molar-refractivity contribution in [2.45, 2.75) is 33.2 Å². The van der Waals surface area contributed by atoms with Crippen molar-refractivity contribution in [3.05, 3.63) is 83.9 Å². The summed E-state index contributed by atoms with van der Waals surface area (Å²) in [5.74, 6) is 0.595. The molecule has 1 fully saturated rings. The summed E-state index contributed by atoms with van der Waals surface area (Å²) < 4.78 is 0. The first-order valence-electron chi connectivity index (χ1n) is 12.9. The SMILES string of the molecule is CCN(CC)C(=O)[C@@H]1CCCN(C(=O)c2ccc(-c3ccccc3)nc2N(C)Cc2ccccc2)C1. The van der Waals surface area contributed by atoms with Gasteiger partial charge in [0.05, 0.1) is 17.2 Å². The minimum Gasteiger partial charge on any atom is -0.355 e. The van der Waals surface area contributed by atoms with Crippen molar-refractivity contribution in [1.82, 2.24) is 14.8 Å². The van der Waals surface area contributed by atoms with Gasteiger partial charge in [-0.15, -0.1) is 0 Å². The van der Waals surface area contributed by atoms with Crippen molar-refractivity contribution in [1.29, 1.82) is 0 Å². The predicted octanol–water partition coefficient (Wildman–Crippen LogP) is 5.11. The Kier molecular flexibility index (Phi) is 8.36. The minimum absolute atomic E-state index is 0.0610. The van der Waals surface area contributed by atoms with E-state index < -0.39 is 0 Å².